The molecule has 1 fully saturated rings. The van der Waals surface area contributed by atoms with Crippen LogP contribution in [0, 0.1) is 0 Å². The summed E-state index contributed by atoms with van der Waals surface area (Å²) in [4.78, 5) is 21.4. The maximum Gasteiger partial charge on any atom is 0.343 e. The second-order valence-electron chi connectivity index (χ2n) is 9.82. The summed E-state index contributed by atoms with van der Waals surface area (Å²) >= 11 is 1.72. The van der Waals surface area contributed by atoms with Crippen LogP contribution in [0.15, 0.2) is 41.8 Å². The van der Waals surface area contributed by atoms with Crippen molar-refractivity contribution in [3.8, 4) is 16.9 Å². The van der Waals surface area contributed by atoms with Crippen LogP contribution in [0.5, 0.6) is 5.75 Å². The lowest BCUT2D eigenvalue weighted by atomic mass is 10.1. The van der Waals surface area contributed by atoms with E-state index in [1.165, 1.54) is 77.0 Å². The second kappa shape index (κ2) is 16.8. The molecule has 0 aliphatic carbocycles. The Kier molecular flexibility index (Phi) is 13.3. The number of epoxide rings is 1. The zero-order valence-corrected chi connectivity index (χ0v) is 23.1. The van der Waals surface area contributed by atoms with Crippen LogP contribution in [-0.4, -0.2) is 33.9 Å². The van der Waals surface area contributed by atoms with E-state index in [0.717, 1.165) is 34.9 Å². The molecule has 0 unspecified atom stereocenters. The molecule has 198 valence electrons. The highest BCUT2D eigenvalue weighted by atomic mass is 32.2. The van der Waals surface area contributed by atoms with Crippen molar-refractivity contribution in [1.29, 1.82) is 0 Å². The van der Waals surface area contributed by atoms with E-state index in [0.29, 0.717) is 5.75 Å². The first-order valence-electron chi connectivity index (χ1n) is 14.1. The van der Waals surface area contributed by atoms with Crippen LogP contribution in [0.4, 0.5) is 0 Å². The molecular formula is C30H44N2O3S. The third-order valence-corrected chi connectivity index (χ3v) is 7.63. The van der Waals surface area contributed by atoms with Gasteiger partial charge >= 0.3 is 5.97 Å². The second-order valence-corrected chi connectivity index (χ2v) is 10.9. The van der Waals surface area contributed by atoms with Gasteiger partial charge in [-0.3, -0.25) is 0 Å². The molecule has 0 bridgehead atoms. The van der Waals surface area contributed by atoms with E-state index in [1.54, 1.807) is 11.8 Å². The number of carbonyl (C=O) groups excluding carboxylic acids is 1. The van der Waals surface area contributed by atoms with E-state index >= 15 is 0 Å². The first-order chi connectivity index (χ1) is 17.7. The summed E-state index contributed by atoms with van der Waals surface area (Å²) in [6, 6.07) is 7.52. The van der Waals surface area contributed by atoms with E-state index in [2.05, 4.69) is 23.8 Å². The van der Waals surface area contributed by atoms with Crippen LogP contribution in [0.3, 0.4) is 0 Å². The van der Waals surface area contributed by atoms with Gasteiger partial charge in [-0.2, -0.15) is 0 Å². The Balaban J connectivity index is 1.32. The molecule has 0 amide bonds. The van der Waals surface area contributed by atoms with Gasteiger partial charge in [-0.1, -0.05) is 115 Å². The first-order valence-corrected chi connectivity index (χ1v) is 15.1. The predicted octanol–water partition coefficient (Wildman–Crippen LogP) is 8.41. The van der Waals surface area contributed by atoms with E-state index in [-0.39, 0.29) is 12.1 Å². The van der Waals surface area contributed by atoms with Crippen molar-refractivity contribution in [2.24, 2.45) is 0 Å². The topological polar surface area (TPSA) is 64.6 Å². The molecule has 1 aliphatic rings. The van der Waals surface area contributed by atoms with Crippen molar-refractivity contribution in [3.05, 3.63) is 36.7 Å². The summed E-state index contributed by atoms with van der Waals surface area (Å²) in [6.07, 6.45) is 21.0. The summed E-state index contributed by atoms with van der Waals surface area (Å²) < 4.78 is 11.1. The molecule has 0 spiro atoms. The average Bonchev–Trinajstić information content (AvgIpc) is 3.68. The first kappa shape index (κ1) is 28.6. The van der Waals surface area contributed by atoms with Crippen molar-refractivity contribution in [1.82, 2.24) is 9.97 Å². The Morgan fingerprint density at radius 1 is 0.806 bits per heavy atom. The maximum atomic E-state index is 12.4. The number of carbonyl (C=O) groups is 1. The quantitative estimate of drug-likeness (QED) is 0.0470. The number of unbranched alkanes of at least 4 members (excludes halogenated alkanes) is 11. The number of hydrogen-bond donors (Lipinski definition) is 0. The highest BCUT2D eigenvalue weighted by Crippen LogP contribution is 2.30. The zero-order chi connectivity index (χ0) is 25.4. The fourth-order valence-corrected chi connectivity index (χ4v) is 5.13. The molecule has 36 heavy (non-hydrogen) atoms. The third-order valence-electron chi connectivity index (χ3n) is 6.67. The van der Waals surface area contributed by atoms with E-state index < -0.39 is 6.10 Å². The van der Waals surface area contributed by atoms with Crippen LogP contribution in [0.25, 0.3) is 11.1 Å². The fraction of sp³-hybridized carbons (Fsp3) is 0.633. The summed E-state index contributed by atoms with van der Waals surface area (Å²) in [6.45, 7) is 4.49. The number of ether oxygens (including phenoxy) is 2. The van der Waals surface area contributed by atoms with Gasteiger partial charge in [-0.25, -0.2) is 14.8 Å². The Bertz CT molecular complexity index is 873. The van der Waals surface area contributed by atoms with Crippen molar-refractivity contribution in [2.45, 2.75) is 121 Å². The zero-order valence-electron chi connectivity index (χ0n) is 22.3. The molecule has 1 saturated heterocycles. The van der Waals surface area contributed by atoms with Gasteiger partial charge in [0.25, 0.3) is 0 Å². The highest BCUT2D eigenvalue weighted by molar-refractivity contribution is 7.99. The van der Waals surface area contributed by atoms with Gasteiger partial charge in [-0.05, 0) is 30.5 Å². The molecule has 3 rings (SSSR count). The number of rotatable bonds is 19. The minimum Gasteiger partial charge on any atom is -0.425 e. The number of aromatic nitrogens is 2. The van der Waals surface area contributed by atoms with Gasteiger partial charge in [0, 0.05) is 23.7 Å². The molecule has 2 atom stereocenters. The van der Waals surface area contributed by atoms with Crippen LogP contribution in [0.2, 0.25) is 0 Å². The normalized spacial score (nSPS) is 16.7. The Hall–Kier alpha value is -1.92. The lowest BCUT2D eigenvalue weighted by Gasteiger charge is -2.06. The molecule has 5 nitrogen and oxygen atoms in total. The van der Waals surface area contributed by atoms with Gasteiger partial charge in [0.1, 0.15) is 5.75 Å². The number of nitrogens with zero attached hydrogens (tertiary/aromatic N) is 2. The summed E-state index contributed by atoms with van der Waals surface area (Å²) in [5, 5.41) is 0.827. The van der Waals surface area contributed by atoms with E-state index in [1.807, 2.05) is 36.7 Å². The van der Waals surface area contributed by atoms with Crippen molar-refractivity contribution >= 4 is 17.7 Å². The largest absolute Gasteiger partial charge is 0.425 e. The SMILES string of the molecule is CCCCCCCCC[C@@H]1O[C@H]1C(=O)Oc1ccc(-c2cnc(SCCCCCCCC)nc2)cc1. The predicted molar refractivity (Wildman–Crippen MR) is 148 cm³/mol. The summed E-state index contributed by atoms with van der Waals surface area (Å²) in [5.41, 5.74) is 1.96. The fourth-order valence-electron chi connectivity index (χ4n) is 4.35. The molecule has 2 aromatic rings. The smallest absolute Gasteiger partial charge is 0.343 e. The number of thioether (sulfide) groups is 1. The van der Waals surface area contributed by atoms with Crippen LogP contribution >= 0.6 is 11.8 Å². The van der Waals surface area contributed by atoms with Crippen molar-refractivity contribution in [2.75, 3.05) is 5.75 Å². The minimum absolute atomic E-state index is 0.0296. The molecule has 6 heteroatoms. The highest BCUT2D eigenvalue weighted by Gasteiger charge is 2.45. The Morgan fingerprint density at radius 3 is 2.03 bits per heavy atom. The van der Waals surface area contributed by atoms with Gasteiger partial charge in [0.2, 0.25) is 0 Å². The minimum atomic E-state index is -0.403. The summed E-state index contributed by atoms with van der Waals surface area (Å²) in [7, 11) is 0. The molecule has 1 aromatic carbocycles. The van der Waals surface area contributed by atoms with Crippen LogP contribution in [0.1, 0.15) is 104 Å². The van der Waals surface area contributed by atoms with Gasteiger partial charge < -0.3 is 9.47 Å². The monoisotopic (exact) mass is 512 g/mol. The number of esters is 1. The summed E-state index contributed by atoms with van der Waals surface area (Å²) in [5.74, 6) is 1.32. The third kappa shape index (κ3) is 10.6. The number of benzene rings is 1. The molecule has 1 aromatic heterocycles. The van der Waals surface area contributed by atoms with Gasteiger partial charge in [-0.15, -0.1) is 0 Å². The molecule has 0 saturated carbocycles. The average molecular weight is 513 g/mol. The van der Waals surface area contributed by atoms with E-state index in [4.69, 9.17) is 9.47 Å². The van der Waals surface area contributed by atoms with E-state index in [9.17, 15) is 4.79 Å². The molecular weight excluding hydrogens is 468 g/mol. The van der Waals surface area contributed by atoms with Gasteiger partial charge in [0.05, 0.1) is 6.10 Å². The lowest BCUT2D eigenvalue weighted by molar-refractivity contribution is -0.135. The maximum absolute atomic E-state index is 12.4. The standard InChI is InChI=1S/C30H44N2O3S/c1-3-5-7-9-11-12-14-16-27-28(35-27)29(33)34-26-19-17-24(18-20-26)25-22-31-30(32-23-25)36-21-15-13-10-8-6-4-2/h17-20,22-23,27-28H,3-16,21H2,1-2H3/t27-,28+/m0/s1. The molecule has 0 N–H and O–H groups in total. The van der Waals surface area contributed by atoms with Crippen molar-refractivity contribution < 1.29 is 14.3 Å². The van der Waals surface area contributed by atoms with Gasteiger partial charge in [0.15, 0.2) is 11.3 Å². The lowest BCUT2D eigenvalue weighted by Crippen LogP contribution is -2.17. The Labute approximate surface area is 222 Å². The van der Waals surface area contributed by atoms with Crippen LogP contribution in [-0.2, 0) is 9.53 Å². The molecule has 2 heterocycles. The van der Waals surface area contributed by atoms with Crippen molar-refractivity contribution in [3.63, 3.8) is 0 Å². The number of hydrogen-bond acceptors (Lipinski definition) is 6. The molecule has 1 aliphatic heterocycles. The Morgan fingerprint density at radius 2 is 1.39 bits per heavy atom. The van der Waals surface area contributed by atoms with Crippen LogP contribution < -0.4 is 4.74 Å². The molecule has 0 radical (unpaired) electrons.